The van der Waals surface area contributed by atoms with Crippen LogP contribution in [0.4, 0.5) is 0 Å². The van der Waals surface area contributed by atoms with E-state index >= 15 is 0 Å². The molecule has 0 aliphatic heterocycles. The second-order valence-corrected chi connectivity index (χ2v) is 3.77. The smallest absolute Gasteiger partial charge is 0.246 e. The first-order valence-corrected chi connectivity index (χ1v) is 5.88. The van der Waals surface area contributed by atoms with Crippen LogP contribution in [0.5, 0.6) is 0 Å². The van der Waals surface area contributed by atoms with Crippen molar-refractivity contribution in [3.8, 4) is 0 Å². The Morgan fingerprint density at radius 1 is 1.06 bits per heavy atom. The van der Waals surface area contributed by atoms with Gasteiger partial charge >= 0.3 is 0 Å². The van der Waals surface area contributed by atoms with E-state index in [1.165, 1.54) is 6.08 Å². The van der Waals surface area contributed by atoms with E-state index in [0.29, 0.717) is 0 Å². The van der Waals surface area contributed by atoms with Gasteiger partial charge in [0.05, 0.1) is 0 Å². The Labute approximate surface area is 97.5 Å². The van der Waals surface area contributed by atoms with Crippen molar-refractivity contribution in [2.24, 2.45) is 5.73 Å². The van der Waals surface area contributed by atoms with Crippen molar-refractivity contribution >= 4 is 11.8 Å². The number of hydrogen-bond acceptors (Lipinski definition) is 2. The molecule has 4 heteroatoms. The molecule has 0 aliphatic carbocycles. The van der Waals surface area contributed by atoms with E-state index in [9.17, 15) is 9.59 Å². The van der Waals surface area contributed by atoms with Crippen molar-refractivity contribution in [3.63, 3.8) is 0 Å². The molecule has 0 aromatic heterocycles. The van der Waals surface area contributed by atoms with Gasteiger partial charge in [-0.2, -0.15) is 0 Å². The molecule has 0 aromatic rings. The maximum atomic E-state index is 11.7. The molecule has 0 heterocycles. The van der Waals surface area contributed by atoms with Crippen molar-refractivity contribution in [1.82, 2.24) is 4.90 Å². The van der Waals surface area contributed by atoms with Crippen LogP contribution in [-0.2, 0) is 9.59 Å². The average molecular weight is 226 g/mol. The van der Waals surface area contributed by atoms with Crippen molar-refractivity contribution in [3.05, 3.63) is 12.2 Å². The third-order valence-corrected chi connectivity index (χ3v) is 2.27. The van der Waals surface area contributed by atoms with Crippen LogP contribution in [0.3, 0.4) is 0 Å². The van der Waals surface area contributed by atoms with Crippen molar-refractivity contribution in [2.75, 3.05) is 13.1 Å². The van der Waals surface area contributed by atoms with E-state index in [-0.39, 0.29) is 5.91 Å². The molecule has 0 rings (SSSR count). The average Bonchev–Trinajstić information content (AvgIpc) is 2.26. The number of nitrogens with two attached hydrogens (primary N) is 1. The van der Waals surface area contributed by atoms with Crippen molar-refractivity contribution < 1.29 is 9.59 Å². The van der Waals surface area contributed by atoms with Gasteiger partial charge in [0, 0.05) is 25.2 Å². The maximum Gasteiger partial charge on any atom is 0.246 e. The number of carbonyl (C=O) groups is 2. The summed E-state index contributed by atoms with van der Waals surface area (Å²) >= 11 is 0. The third-order valence-electron chi connectivity index (χ3n) is 2.27. The van der Waals surface area contributed by atoms with Gasteiger partial charge in [-0.25, -0.2) is 0 Å². The molecule has 0 radical (unpaired) electrons. The molecule has 0 unspecified atom stereocenters. The summed E-state index contributed by atoms with van der Waals surface area (Å²) in [5, 5.41) is 0. The van der Waals surface area contributed by atoms with Gasteiger partial charge < -0.3 is 10.6 Å². The number of rotatable bonds is 8. The van der Waals surface area contributed by atoms with Gasteiger partial charge in [-0.05, 0) is 12.8 Å². The zero-order chi connectivity index (χ0) is 12.4. The Balaban J connectivity index is 4.24. The first-order chi connectivity index (χ1) is 7.61. The van der Waals surface area contributed by atoms with Crippen LogP contribution < -0.4 is 5.73 Å². The molecular formula is C12H22N2O2. The van der Waals surface area contributed by atoms with Crippen molar-refractivity contribution in [2.45, 2.75) is 39.5 Å². The summed E-state index contributed by atoms with van der Waals surface area (Å²) in [6.07, 6.45) is 6.45. The number of nitrogens with zero attached hydrogens (tertiary/aromatic N) is 1. The zero-order valence-electron chi connectivity index (χ0n) is 10.2. The van der Waals surface area contributed by atoms with Gasteiger partial charge in [0.25, 0.3) is 0 Å². The van der Waals surface area contributed by atoms with Gasteiger partial charge in [-0.15, -0.1) is 0 Å². The second-order valence-electron chi connectivity index (χ2n) is 3.77. The highest BCUT2D eigenvalue weighted by Gasteiger charge is 2.09. The van der Waals surface area contributed by atoms with Gasteiger partial charge in [-0.3, -0.25) is 9.59 Å². The number of amides is 2. The van der Waals surface area contributed by atoms with E-state index in [1.54, 1.807) is 4.90 Å². The first kappa shape index (κ1) is 14.7. The quantitative estimate of drug-likeness (QED) is 0.637. The van der Waals surface area contributed by atoms with Crippen LogP contribution in [0.25, 0.3) is 0 Å². The fourth-order valence-corrected chi connectivity index (χ4v) is 1.29. The second kappa shape index (κ2) is 8.95. The molecule has 0 saturated carbocycles. The molecule has 2 amide bonds. The lowest BCUT2D eigenvalue weighted by Crippen LogP contribution is -2.31. The van der Waals surface area contributed by atoms with Crippen LogP contribution in [0.1, 0.15) is 39.5 Å². The molecule has 2 N–H and O–H groups in total. The van der Waals surface area contributed by atoms with Gasteiger partial charge in [-0.1, -0.05) is 26.7 Å². The topological polar surface area (TPSA) is 63.4 Å². The summed E-state index contributed by atoms with van der Waals surface area (Å²) < 4.78 is 0. The highest BCUT2D eigenvalue weighted by atomic mass is 16.2. The zero-order valence-corrected chi connectivity index (χ0v) is 10.2. The molecule has 0 bridgehead atoms. The fraction of sp³-hybridized carbons (Fsp3) is 0.667. The molecule has 16 heavy (non-hydrogen) atoms. The van der Waals surface area contributed by atoms with E-state index in [0.717, 1.165) is 44.8 Å². The molecule has 92 valence electrons. The van der Waals surface area contributed by atoms with Crippen LogP contribution in [0.2, 0.25) is 0 Å². The Hall–Kier alpha value is -1.32. The Kier molecular flexibility index (Phi) is 8.21. The number of primary amides is 1. The minimum atomic E-state index is -0.584. The van der Waals surface area contributed by atoms with Crippen LogP contribution in [-0.4, -0.2) is 29.8 Å². The lowest BCUT2D eigenvalue weighted by molar-refractivity contribution is -0.126. The molecular weight excluding hydrogens is 204 g/mol. The predicted molar refractivity (Wildman–Crippen MR) is 64.7 cm³/mol. The van der Waals surface area contributed by atoms with Gasteiger partial charge in [0.1, 0.15) is 0 Å². The molecule has 0 spiro atoms. The fourth-order valence-electron chi connectivity index (χ4n) is 1.29. The molecule has 4 nitrogen and oxygen atoms in total. The molecule has 0 saturated heterocycles. The summed E-state index contributed by atoms with van der Waals surface area (Å²) in [4.78, 5) is 24.0. The standard InChI is InChI=1S/C12H22N2O2/c1-3-5-9-14(10-6-4-2)12(16)8-7-11(13)15/h7-8H,3-6,9-10H2,1-2H3,(H2,13,15). The van der Waals surface area contributed by atoms with Gasteiger partial charge in [0.15, 0.2) is 0 Å². The molecule has 0 aliphatic rings. The number of carbonyl (C=O) groups excluding carboxylic acids is 2. The summed E-state index contributed by atoms with van der Waals surface area (Å²) in [6.45, 7) is 5.67. The lowest BCUT2D eigenvalue weighted by Gasteiger charge is -2.20. The third kappa shape index (κ3) is 7.04. The van der Waals surface area contributed by atoms with E-state index in [4.69, 9.17) is 5.73 Å². The number of unbranched alkanes of at least 4 members (excludes halogenated alkanes) is 2. The van der Waals surface area contributed by atoms with E-state index in [2.05, 4.69) is 13.8 Å². The summed E-state index contributed by atoms with van der Waals surface area (Å²) in [7, 11) is 0. The summed E-state index contributed by atoms with van der Waals surface area (Å²) in [6, 6.07) is 0. The Bertz CT molecular complexity index is 241. The Morgan fingerprint density at radius 3 is 1.94 bits per heavy atom. The molecule has 0 aromatic carbocycles. The normalized spacial score (nSPS) is 10.6. The van der Waals surface area contributed by atoms with Crippen LogP contribution >= 0.6 is 0 Å². The van der Waals surface area contributed by atoms with Gasteiger partial charge in [0.2, 0.25) is 11.8 Å². The maximum absolute atomic E-state index is 11.7. The highest BCUT2D eigenvalue weighted by Crippen LogP contribution is 2.00. The largest absolute Gasteiger partial charge is 0.366 e. The number of hydrogen-bond donors (Lipinski definition) is 1. The SMILES string of the molecule is CCCCN(CCCC)C(=O)C=CC(N)=O. The molecule has 0 atom stereocenters. The minimum Gasteiger partial charge on any atom is -0.366 e. The first-order valence-electron chi connectivity index (χ1n) is 5.88. The monoisotopic (exact) mass is 226 g/mol. The predicted octanol–water partition coefficient (Wildman–Crippen LogP) is 1.46. The van der Waals surface area contributed by atoms with Crippen LogP contribution in [0, 0.1) is 0 Å². The highest BCUT2D eigenvalue weighted by molar-refractivity contribution is 5.95. The molecule has 0 fully saturated rings. The van der Waals surface area contributed by atoms with Crippen molar-refractivity contribution in [1.29, 1.82) is 0 Å². The minimum absolute atomic E-state index is 0.124. The summed E-state index contributed by atoms with van der Waals surface area (Å²) in [5.74, 6) is -0.708. The lowest BCUT2D eigenvalue weighted by atomic mass is 10.2. The van der Waals surface area contributed by atoms with E-state index < -0.39 is 5.91 Å². The summed E-state index contributed by atoms with van der Waals surface area (Å²) in [5.41, 5.74) is 4.94. The van der Waals surface area contributed by atoms with E-state index in [1.807, 2.05) is 0 Å². The Morgan fingerprint density at radius 2 is 1.56 bits per heavy atom. The van der Waals surface area contributed by atoms with Crippen LogP contribution in [0.15, 0.2) is 12.2 Å².